The number of hydrogen-bond donors (Lipinski definition) is 1. The monoisotopic (exact) mass is 367 g/mol. The number of carbonyl (C=O) groups is 2. The number of alkyl halides is 3. The number of carboxylic acid groups (broad SMARTS) is 1. The van der Waals surface area contributed by atoms with Crippen LogP contribution in [0.3, 0.4) is 0 Å². The number of carbonyl (C=O) groups excluding carboxylic acids is 1. The van der Waals surface area contributed by atoms with E-state index < -0.39 is 23.8 Å². The van der Waals surface area contributed by atoms with Crippen molar-refractivity contribution in [1.82, 2.24) is 14.7 Å². The second-order valence-corrected chi connectivity index (χ2v) is 6.12. The third-order valence-corrected chi connectivity index (χ3v) is 4.30. The second-order valence-electron chi connectivity index (χ2n) is 6.12. The highest BCUT2D eigenvalue weighted by molar-refractivity contribution is 5.95. The molecule has 0 unspecified atom stereocenters. The van der Waals surface area contributed by atoms with E-state index in [1.165, 1.54) is 17.2 Å². The van der Waals surface area contributed by atoms with Crippen molar-refractivity contribution in [2.45, 2.75) is 19.0 Å². The molecule has 1 amide bonds. The van der Waals surface area contributed by atoms with E-state index in [9.17, 15) is 22.8 Å². The number of hydrogen-bond acceptors (Lipinski definition) is 3. The van der Waals surface area contributed by atoms with Gasteiger partial charge in [0.05, 0.1) is 11.6 Å². The van der Waals surface area contributed by atoms with Crippen LogP contribution in [0.4, 0.5) is 13.2 Å². The molecule has 2 heterocycles. The SMILES string of the molecule is O=C(O)[C@H]1CCCN(C(=O)c2cccc(-n3ccc(C(F)(F)F)n3)c2)C1. The number of halogens is 3. The van der Waals surface area contributed by atoms with Gasteiger partial charge in [0.15, 0.2) is 5.69 Å². The predicted octanol–water partition coefficient (Wildman–Crippen LogP) is 2.83. The predicted molar refractivity (Wildman–Crippen MR) is 84.8 cm³/mol. The van der Waals surface area contributed by atoms with Crippen molar-refractivity contribution in [1.29, 1.82) is 0 Å². The summed E-state index contributed by atoms with van der Waals surface area (Å²) in [6, 6.07) is 6.94. The molecule has 1 aliphatic heterocycles. The van der Waals surface area contributed by atoms with Gasteiger partial charge in [0.2, 0.25) is 0 Å². The molecule has 1 aliphatic rings. The number of nitrogens with zero attached hydrogens (tertiary/aromatic N) is 3. The molecule has 1 N–H and O–H groups in total. The minimum atomic E-state index is -4.54. The van der Waals surface area contributed by atoms with Gasteiger partial charge >= 0.3 is 12.1 Å². The molecule has 26 heavy (non-hydrogen) atoms. The lowest BCUT2D eigenvalue weighted by Crippen LogP contribution is -2.42. The number of aromatic nitrogens is 2. The number of benzene rings is 1. The zero-order valence-corrected chi connectivity index (χ0v) is 13.6. The van der Waals surface area contributed by atoms with Crippen LogP contribution in [0.5, 0.6) is 0 Å². The average molecular weight is 367 g/mol. The Balaban J connectivity index is 1.82. The number of piperidine rings is 1. The summed E-state index contributed by atoms with van der Waals surface area (Å²) in [7, 11) is 0. The first-order chi connectivity index (χ1) is 12.3. The van der Waals surface area contributed by atoms with E-state index >= 15 is 0 Å². The molecule has 138 valence electrons. The van der Waals surface area contributed by atoms with Gasteiger partial charge < -0.3 is 10.0 Å². The first-order valence-electron chi connectivity index (χ1n) is 8.01. The summed E-state index contributed by atoms with van der Waals surface area (Å²) in [4.78, 5) is 25.2. The number of carboxylic acids is 1. The Hall–Kier alpha value is -2.84. The molecule has 1 atom stereocenters. The molecule has 0 bridgehead atoms. The van der Waals surface area contributed by atoms with Gasteiger partial charge in [-0.3, -0.25) is 9.59 Å². The normalized spacial score (nSPS) is 18.0. The summed E-state index contributed by atoms with van der Waals surface area (Å²) in [5.41, 5.74) is -0.426. The van der Waals surface area contributed by atoms with Crippen LogP contribution in [0.2, 0.25) is 0 Å². The van der Waals surface area contributed by atoms with E-state index in [-0.39, 0.29) is 18.0 Å². The summed E-state index contributed by atoms with van der Waals surface area (Å²) in [5.74, 6) is -1.88. The second kappa shape index (κ2) is 6.81. The van der Waals surface area contributed by atoms with Crippen LogP contribution in [-0.2, 0) is 11.0 Å². The van der Waals surface area contributed by atoms with Gasteiger partial charge in [0, 0.05) is 24.8 Å². The van der Waals surface area contributed by atoms with Crippen LogP contribution in [-0.4, -0.2) is 44.8 Å². The summed E-state index contributed by atoms with van der Waals surface area (Å²) < 4.78 is 39.1. The van der Waals surface area contributed by atoms with Crippen LogP contribution in [0.15, 0.2) is 36.5 Å². The molecule has 0 saturated carbocycles. The summed E-state index contributed by atoms with van der Waals surface area (Å²) in [6.45, 7) is 0.575. The third kappa shape index (κ3) is 3.71. The Morgan fingerprint density at radius 1 is 1.23 bits per heavy atom. The quantitative estimate of drug-likeness (QED) is 0.905. The smallest absolute Gasteiger partial charge is 0.435 e. The van der Waals surface area contributed by atoms with Crippen LogP contribution in [0, 0.1) is 5.92 Å². The largest absolute Gasteiger partial charge is 0.481 e. The number of aliphatic carboxylic acids is 1. The van der Waals surface area contributed by atoms with Crippen LogP contribution < -0.4 is 0 Å². The minimum absolute atomic E-state index is 0.123. The molecule has 1 aromatic carbocycles. The average Bonchev–Trinajstić information content (AvgIpc) is 3.12. The molecule has 0 aliphatic carbocycles. The topological polar surface area (TPSA) is 75.4 Å². The van der Waals surface area contributed by atoms with Crippen molar-refractivity contribution < 1.29 is 27.9 Å². The first kappa shape index (κ1) is 18.0. The van der Waals surface area contributed by atoms with Gasteiger partial charge in [0.1, 0.15) is 0 Å². The molecule has 2 aromatic rings. The third-order valence-electron chi connectivity index (χ3n) is 4.30. The Morgan fingerprint density at radius 3 is 2.65 bits per heavy atom. The molecular weight excluding hydrogens is 351 g/mol. The molecule has 0 radical (unpaired) electrons. The molecule has 1 fully saturated rings. The Kier molecular flexibility index (Phi) is 4.71. The lowest BCUT2D eigenvalue weighted by Gasteiger charge is -2.30. The molecule has 3 rings (SSSR count). The van der Waals surface area contributed by atoms with Crippen molar-refractivity contribution in [2.24, 2.45) is 5.92 Å². The van der Waals surface area contributed by atoms with Gasteiger partial charge in [-0.15, -0.1) is 0 Å². The van der Waals surface area contributed by atoms with E-state index in [0.717, 1.165) is 10.7 Å². The Morgan fingerprint density at radius 2 is 2.00 bits per heavy atom. The summed E-state index contributed by atoms with van der Waals surface area (Å²) >= 11 is 0. The minimum Gasteiger partial charge on any atom is -0.481 e. The number of rotatable bonds is 3. The fraction of sp³-hybridized carbons (Fsp3) is 0.353. The van der Waals surface area contributed by atoms with Gasteiger partial charge in [-0.05, 0) is 37.1 Å². The molecule has 1 aromatic heterocycles. The van der Waals surface area contributed by atoms with Gasteiger partial charge in [0.25, 0.3) is 5.91 Å². The maximum atomic E-state index is 12.7. The lowest BCUT2D eigenvalue weighted by molar-refractivity contribution is -0.143. The highest BCUT2D eigenvalue weighted by Crippen LogP contribution is 2.28. The number of amides is 1. The number of likely N-dealkylation sites (tertiary alicyclic amines) is 1. The molecular formula is C17H16F3N3O3. The maximum absolute atomic E-state index is 12.7. The van der Waals surface area contributed by atoms with Gasteiger partial charge in [-0.2, -0.15) is 18.3 Å². The van der Waals surface area contributed by atoms with Crippen molar-refractivity contribution >= 4 is 11.9 Å². The standard InChI is InChI=1S/C17H16F3N3O3/c18-17(19,20)14-6-8-23(21-14)13-5-1-3-11(9-13)15(24)22-7-2-4-12(10-22)16(25)26/h1,3,5-6,8-9,12H,2,4,7,10H2,(H,25,26)/t12-/m0/s1. The van der Waals surface area contributed by atoms with Crippen molar-refractivity contribution in [2.75, 3.05) is 13.1 Å². The molecule has 1 saturated heterocycles. The Bertz CT molecular complexity index is 832. The van der Waals surface area contributed by atoms with E-state index in [0.29, 0.717) is 25.1 Å². The first-order valence-corrected chi connectivity index (χ1v) is 8.01. The van der Waals surface area contributed by atoms with Crippen molar-refractivity contribution in [3.8, 4) is 5.69 Å². The van der Waals surface area contributed by atoms with Crippen LogP contribution >= 0.6 is 0 Å². The van der Waals surface area contributed by atoms with Gasteiger partial charge in [-0.1, -0.05) is 6.07 Å². The lowest BCUT2D eigenvalue weighted by atomic mass is 9.97. The Labute approximate surface area is 146 Å². The van der Waals surface area contributed by atoms with E-state index in [1.807, 2.05) is 0 Å². The highest BCUT2D eigenvalue weighted by atomic mass is 19.4. The molecule has 0 spiro atoms. The molecule has 9 heteroatoms. The highest BCUT2D eigenvalue weighted by Gasteiger charge is 2.33. The van der Waals surface area contributed by atoms with E-state index in [4.69, 9.17) is 5.11 Å². The van der Waals surface area contributed by atoms with Crippen LogP contribution in [0.25, 0.3) is 5.69 Å². The molecule has 6 nitrogen and oxygen atoms in total. The van der Waals surface area contributed by atoms with E-state index in [2.05, 4.69) is 5.10 Å². The summed E-state index contributed by atoms with van der Waals surface area (Å²) in [6.07, 6.45) is -2.25. The van der Waals surface area contributed by atoms with Crippen LogP contribution in [0.1, 0.15) is 28.9 Å². The maximum Gasteiger partial charge on any atom is 0.435 e. The zero-order chi connectivity index (χ0) is 18.9. The van der Waals surface area contributed by atoms with E-state index in [1.54, 1.807) is 18.2 Å². The fourth-order valence-corrected chi connectivity index (χ4v) is 2.95. The van der Waals surface area contributed by atoms with Crippen molar-refractivity contribution in [3.63, 3.8) is 0 Å². The fourth-order valence-electron chi connectivity index (χ4n) is 2.95. The summed E-state index contributed by atoms with van der Waals surface area (Å²) in [5, 5.41) is 12.6. The van der Waals surface area contributed by atoms with Crippen molar-refractivity contribution in [3.05, 3.63) is 47.8 Å². The van der Waals surface area contributed by atoms with Gasteiger partial charge in [-0.25, -0.2) is 4.68 Å². The zero-order valence-electron chi connectivity index (χ0n) is 13.6.